The molecular formula is C16H19N3O. The summed E-state index contributed by atoms with van der Waals surface area (Å²) in [4.78, 5) is 10.3. The van der Waals surface area contributed by atoms with Gasteiger partial charge in [0.1, 0.15) is 12.1 Å². The van der Waals surface area contributed by atoms with Crippen LogP contribution in [0.3, 0.4) is 0 Å². The normalized spacial score (nSPS) is 11.2. The Morgan fingerprint density at radius 2 is 2.05 bits per heavy atom. The summed E-state index contributed by atoms with van der Waals surface area (Å²) < 4.78 is 5.28. The molecule has 4 heteroatoms. The van der Waals surface area contributed by atoms with Gasteiger partial charge < -0.3 is 9.64 Å². The first-order valence-corrected chi connectivity index (χ1v) is 6.13. The number of aromatic nitrogens is 2. The van der Waals surface area contributed by atoms with E-state index in [0.717, 1.165) is 5.70 Å². The van der Waals surface area contributed by atoms with Crippen LogP contribution in [-0.4, -0.2) is 17.0 Å². The monoisotopic (exact) mass is 269 g/mol. The van der Waals surface area contributed by atoms with Crippen LogP contribution in [0.15, 0.2) is 62.3 Å². The van der Waals surface area contributed by atoms with Crippen molar-refractivity contribution in [3.05, 3.63) is 67.9 Å². The molecule has 0 radical (unpaired) electrons. The van der Waals surface area contributed by atoms with Crippen LogP contribution in [0.2, 0.25) is 0 Å². The summed E-state index contributed by atoms with van der Waals surface area (Å²) in [6, 6.07) is 0. The SMILES string of the molecule is C=C/C=C(\C=C/C)N(C)c1ncnc(OC=C)c1C=C. The van der Waals surface area contributed by atoms with Crippen molar-refractivity contribution < 1.29 is 4.74 Å². The Kier molecular flexibility index (Phi) is 5.97. The highest BCUT2D eigenvalue weighted by atomic mass is 16.5. The van der Waals surface area contributed by atoms with Crippen LogP contribution >= 0.6 is 0 Å². The summed E-state index contributed by atoms with van der Waals surface area (Å²) >= 11 is 0. The van der Waals surface area contributed by atoms with E-state index in [4.69, 9.17) is 4.74 Å². The smallest absolute Gasteiger partial charge is 0.230 e. The maximum Gasteiger partial charge on any atom is 0.230 e. The van der Waals surface area contributed by atoms with Crippen LogP contribution < -0.4 is 9.64 Å². The van der Waals surface area contributed by atoms with Gasteiger partial charge in [-0.3, -0.25) is 0 Å². The van der Waals surface area contributed by atoms with Gasteiger partial charge in [0.25, 0.3) is 0 Å². The predicted octanol–water partition coefficient (Wildman–Crippen LogP) is 3.72. The number of anilines is 1. The van der Waals surface area contributed by atoms with Gasteiger partial charge in [-0.1, -0.05) is 38.0 Å². The lowest BCUT2D eigenvalue weighted by atomic mass is 10.2. The molecule has 0 aliphatic rings. The molecule has 0 aliphatic carbocycles. The first-order valence-electron chi connectivity index (χ1n) is 6.13. The molecule has 0 atom stereocenters. The molecule has 1 aromatic rings. The van der Waals surface area contributed by atoms with Crippen LogP contribution in [0.5, 0.6) is 5.88 Å². The number of allylic oxidation sites excluding steroid dienone is 4. The van der Waals surface area contributed by atoms with Crippen molar-refractivity contribution >= 4 is 11.9 Å². The molecule has 0 fully saturated rings. The van der Waals surface area contributed by atoms with E-state index in [1.807, 2.05) is 37.1 Å². The van der Waals surface area contributed by atoms with Crippen LogP contribution in [-0.2, 0) is 0 Å². The summed E-state index contributed by atoms with van der Waals surface area (Å²) in [6.45, 7) is 13.0. The highest BCUT2D eigenvalue weighted by Gasteiger charge is 2.14. The lowest BCUT2D eigenvalue weighted by molar-refractivity contribution is 0.461. The summed E-state index contributed by atoms with van der Waals surface area (Å²) in [5.41, 5.74) is 1.64. The third kappa shape index (κ3) is 3.45. The van der Waals surface area contributed by atoms with Crippen LogP contribution in [0.1, 0.15) is 12.5 Å². The number of nitrogens with zero attached hydrogens (tertiary/aromatic N) is 3. The van der Waals surface area contributed by atoms with Gasteiger partial charge in [-0.25, -0.2) is 9.97 Å². The van der Waals surface area contributed by atoms with Crippen LogP contribution in [0.25, 0.3) is 6.08 Å². The summed E-state index contributed by atoms with van der Waals surface area (Å²) in [5.74, 6) is 1.11. The summed E-state index contributed by atoms with van der Waals surface area (Å²) in [6.07, 6.45) is 12.0. The van der Waals surface area contributed by atoms with Gasteiger partial charge in [0.2, 0.25) is 5.88 Å². The van der Waals surface area contributed by atoms with E-state index >= 15 is 0 Å². The van der Waals surface area contributed by atoms with Gasteiger partial charge in [0, 0.05) is 12.7 Å². The fourth-order valence-corrected chi connectivity index (χ4v) is 1.68. The van der Waals surface area contributed by atoms with Gasteiger partial charge in [-0.2, -0.15) is 0 Å². The summed E-state index contributed by atoms with van der Waals surface area (Å²) in [7, 11) is 1.91. The van der Waals surface area contributed by atoms with Gasteiger partial charge >= 0.3 is 0 Å². The Labute approximate surface area is 120 Å². The third-order valence-electron chi connectivity index (χ3n) is 2.56. The van der Waals surface area contributed by atoms with E-state index in [2.05, 4.69) is 29.7 Å². The summed E-state index contributed by atoms with van der Waals surface area (Å²) in [5, 5.41) is 0. The van der Waals surface area contributed by atoms with Crippen molar-refractivity contribution in [3.8, 4) is 5.88 Å². The van der Waals surface area contributed by atoms with Gasteiger partial charge in [-0.15, -0.1) is 0 Å². The topological polar surface area (TPSA) is 38.2 Å². The Morgan fingerprint density at radius 1 is 1.30 bits per heavy atom. The molecule has 4 nitrogen and oxygen atoms in total. The van der Waals surface area contributed by atoms with E-state index < -0.39 is 0 Å². The van der Waals surface area contributed by atoms with Crippen molar-refractivity contribution in [2.45, 2.75) is 6.92 Å². The zero-order valence-corrected chi connectivity index (χ0v) is 11.9. The minimum Gasteiger partial charge on any atom is -0.447 e. The predicted molar refractivity (Wildman–Crippen MR) is 84.4 cm³/mol. The van der Waals surface area contributed by atoms with E-state index in [1.54, 1.807) is 12.2 Å². The largest absolute Gasteiger partial charge is 0.447 e. The van der Waals surface area contributed by atoms with E-state index in [1.165, 1.54) is 12.6 Å². The number of hydrogen-bond acceptors (Lipinski definition) is 4. The average Bonchev–Trinajstić information content (AvgIpc) is 2.46. The molecule has 0 aliphatic heterocycles. The molecule has 0 N–H and O–H groups in total. The lowest BCUT2D eigenvalue weighted by Crippen LogP contribution is -2.18. The lowest BCUT2D eigenvalue weighted by Gasteiger charge is -2.21. The third-order valence-corrected chi connectivity index (χ3v) is 2.56. The highest BCUT2D eigenvalue weighted by Crippen LogP contribution is 2.28. The minimum atomic E-state index is 0.422. The van der Waals surface area contributed by atoms with Gasteiger partial charge in [-0.05, 0) is 19.1 Å². The van der Waals surface area contributed by atoms with E-state index in [0.29, 0.717) is 17.3 Å². The van der Waals surface area contributed by atoms with Crippen molar-refractivity contribution in [2.75, 3.05) is 11.9 Å². The first-order chi connectivity index (χ1) is 9.69. The number of rotatable bonds is 7. The fraction of sp³-hybridized carbons (Fsp3) is 0.125. The molecule has 0 amide bonds. The molecule has 1 rings (SSSR count). The second kappa shape index (κ2) is 7.74. The molecule has 0 aromatic carbocycles. The van der Waals surface area contributed by atoms with Crippen LogP contribution in [0, 0.1) is 0 Å². The van der Waals surface area contributed by atoms with Crippen molar-refractivity contribution in [2.24, 2.45) is 0 Å². The molecule has 0 bridgehead atoms. The second-order valence-electron chi connectivity index (χ2n) is 3.79. The molecule has 0 unspecified atom stereocenters. The second-order valence-corrected chi connectivity index (χ2v) is 3.79. The Balaban J connectivity index is 3.33. The minimum absolute atomic E-state index is 0.422. The molecule has 1 aromatic heterocycles. The number of hydrogen-bond donors (Lipinski definition) is 0. The van der Waals surface area contributed by atoms with Crippen LogP contribution in [0.4, 0.5) is 5.82 Å². The van der Waals surface area contributed by atoms with Gasteiger partial charge in [0.15, 0.2) is 0 Å². The van der Waals surface area contributed by atoms with E-state index in [-0.39, 0.29) is 0 Å². The zero-order valence-electron chi connectivity index (χ0n) is 11.9. The number of likely N-dealkylation sites (N-methyl/N-ethyl adjacent to an activating group) is 1. The Bertz CT molecular complexity index is 559. The first kappa shape index (κ1) is 15.4. The molecule has 0 spiro atoms. The van der Waals surface area contributed by atoms with Crippen molar-refractivity contribution in [1.82, 2.24) is 9.97 Å². The maximum absolute atomic E-state index is 5.28. The quantitative estimate of drug-likeness (QED) is 0.558. The van der Waals surface area contributed by atoms with E-state index in [9.17, 15) is 0 Å². The standard InChI is InChI=1S/C16H19N3O/c1-6-10-13(11-7-2)19(5)15-14(8-3)16(20-9-4)18-12-17-15/h6-12H,1,3-4H2,2,5H3/b11-7-,13-10+. The van der Waals surface area contributed by atoms with Crippen molar-refractivity contribution in [1.29, 1.82) is 0 Å². The Morgan fingerprint density at radius 3 is 2.60 bits per heavy atom. The average molecular weight is 269 g/mol. The molecular weight excluding hydrogens is 250 g/mol. The molecule has 20 heavy (non-hydrogen) atoms. The molecule has 0 saturated carbocycles. The fourth-order valence-electron chi connectivity index (χ4n) is 1.68. The number of ether oxygens (including phenoxy) is 1. The van der Waals surface area contributed by atoms with Gasteiger partial charge in [0.05, 0.1) is 11.8 Å². The molecule has 1 heterocycles. The Hall–Kier alpha value is -2.62. The van der Waals surface area contributed by atoms with Crippen molar-refractivity contribution in [3.63, 3.8) is 0 Å². The highest BCUT2D eigenvalue weighted by molar-refractivity contribution is 5.69. The zero-order chi connectivity index (χ0) is 15.0. The molecule has 104 valence electrons. The molecule has 0 saturated heterocycles. The maximum atomic E-state index is 5.28.